The molecule has 0 bridgehead atoms. The van der Waals surface area contributed by atoms with Gasteiger partial charge in [0.05, 0.1) is 23.0 Å². The molecule has 0 unspecified atom stereocenters. The van der Waals surface area contributed by atoms with Crippen LogP contribution in [0.15, 0.2) is 0 Å². The highest BCUT2D eigenvalue weighted by atomic mass is 32.2. The highest BCUT2D eigenvalue weighted by Gasteiger charge is 2.33. The first kappa shape index (κ1) is 15.5. The minimum Gasteiger partial charge on any atom is -0.347 e. The van der Waals surface area contributed by atoms with Crippen LogP contribution in [0.5, 0.6) is 0 Å². The van der Waals surface area contributed by atoms with Crippen LogP contribution in [-0.2, 0) is 38.9 Å². The van der Waals surface area contributed by atoms with Crippen molar-refractivity contribution >= 4 is 25.6 Å². The van der Waals surface area contributed by atoms with Gasteiger partial charge in [0.15, 0.2) is 25.4 Å². The van der Waals surface area contributed by atoms with Crippen molar-refractivity contribution in [3.8, 4) is 0 Å². The molecule has 22 heavy (non-hydrogen) atoms. The van der Waals surface area contributed by atoms with Gasteiger partial charge in [-0.1, -0.05) is 0 Å². The van der Waals surface area contributed by atoms with Gasteiger partial charge < -0.3 is 5.32 Å². The molecule has 0 aliphatic carbocycles. The van der Waals surface area contributed by atoms with Gasteiger partial charge in [0.1, 0.15) is 0 Å². The molecule has 0 aromatic carbocycles. The zero-order valence-electron chi connectivity index (χ0n) is 12.1. The Morgan fingerprint density at radius 1 is 1.23 bits per heavy atom. The maximum atomic E-state index is 12.3. The van der Waals surface area contributed by atoms with Crippen molar-refractivity contribution in [3.05, 3.63) is 17.0 Å². The molecule has 1 amide bonds. The van der Waals surface area contributed by atoms with E-state index < -0.39 is 31.6 Å². The average molecular weight is 347 g/mol. The van der Waals surface area contributed by atoms with Crippen molar-refractivity contribution in [3.63, 3.8) is 0 Å². The second-order valence-corrected chi connectivity index (χ2v) is 10.2. The average Bonchev–Trinajstić information content (AvgIpc) is 2.88. The number of aromatic nitrogens is 2. The molecule has 0 saturated carbocycles. The van der Waals surface area contributed by atoms with E-state index in [4.69, 9.17) is 0 Å². The first-order valence-corrected chi connectivity index (χ1v) is 10.6. The zero-order valence-corrected chi connectivity index (χ0v) is 13.7. The van der Waals surface area contributed by atoms with Crippen molar-refractivity contribution in [1.82, 2.24) is 15.1 Å². The number of hydrogen-bond acceptors (Lipinski definition) is 6. The summed E-state index contributed by atoms with van der Waals surface area (Å²) >= 11 is 0. The fraction of sp³-hybridized carbons (Fsp3) is 0.667. The number of carbonyl (C=O) groups excluding carboxylic acids is 1. The predicted molar refractivity (Wildman–Crippen MR) is 78.9 cm³/mol. The van der Waals surface area contributed by atoms with Gasteiger partial charge in [-0.3, -0.25) is 9.48 Å². The van der Waals surface area contributed by atoms with E-state index in [1.807, 2.05) is 0 Å². The maximum Gasteiger partial charge on any atom is 0.272 e. The number of nitrogens with one attached hydrogen (secondary N) is 1. The molecule has 1 atom stereocenters. The number of carbonyl (C=O) groups is 1. The summed E-state index contributed by atoms with van der Waals surface area (Å²) in [4.78, 5) is 12.3. The van der Waals surface area contributed by atoms with Crippen LogP contribution in [0, 0.1) is 0 Å². The molecular weight excluding hydrogens is 330 g/mol. The number of rotatable bonds is 2. The lowest BCUT2D eigenvalue weighted by Gasteiger charge is -2.14. The van der Waals surface area contributed by atoms with Gasteiger partial charge >= 0.3 is 0 Å². The fourth-order valence-electron chi connectivity index (χ4n) is 2.96. The molecule has 8 nitrogen and oxygen atoms in total. The van der Waals surface area contributed by atoms with E-state index in [1.165, 1.54) is 4.68 Å². The third-order valence-electron chi connectivity index (χ3n) is 4.07. The second kappa shape index (κ2) is 5.05. The Bertz CT molecular complexity index is 838. The molecule has 2 aliphatic heterocycles. The number of aryl methyl sites for hydroxylation is 1. The topological polar surface area (TPSA) is 115 Å². The van der Waals surface area contributed by atoms with Crippen LogP contribution in [-0.4, -0.2) is 55.8 Å². The third kappa shape index (κ3) is 2.89. The number of fused-ring (bicyclic) bond motifs is 1. The highest BCUT2D eigenvalue weighted by molar-refractivity contribution is 7.91. The Kier molecular flexibility index (Phi) is 3.55. The summed E-state index contributed by atoms with van der Waals surface area (Å²) in [7, 11) is -4.63. The summed E-state index contributed by atoms with van der Waals surface area (Å²) < 4.78 is 48.0. The van der Waals surface area contributed by atoms with Gasteiger partial charge in [-0.05, 0) is 6.42 Å². The van der Waals surface area contributed by atoms with Crippen LogP contribution in [0.1, 0.15) is 28.2 Å². The van der Waals surface area contributed by atoms with Gasteiger partial charge in [0.2, 0.25) is 0 Å². The quantitative estimate of drug-likeness (QED) is 0.719. The van der Waals surface area contributed by atoms with E-state index in [-0.39, 0.29) is 28.7 Å². The lowest BCUT2D eigenvalue weighted by molar-refractivity contribution is 0.0934. The van der Waals surface area contributed by atoms with Gasteiger partial charge in [-0.2, -0.15) is 5.10 Å². The Morgan fingerprint density at radius 3 is 2.59 bits per heavy atom. The molecule has 1 aromatic rings. The lowest BCUT2D eigenvalue weighted by atomic mass is 10.1. The highest BCUT2D eigenvalue weighted by Crippen LogP contribution is 2.24. The summed E-state index contributed by atoms with van der Waals surface area (Å²) in [5, 5.41) is 6.78. The van der Waals surface area contributed by atoms with Crippen molar-refractivity contribution in [2.24, 2.45) is 7.05 Å². The molecule has 3 heterocycles. The molecule has 1 saturated heterocycles. The van der Waals surface area contributed by atoms with Crippen molar-refractivity contribution in [2.45, 2.75) is 24.6 Å². The van der Waals surface area contributed by atoms with Crippen LogP contribution in [0.25, 0.3) is 0 Å². The van der Waals surface area contributed by atoms with E-state index in [9.17, 15) is 21.6 Å². The first-order valence-electron chi connectivity index (χ1n) is 6.93. The van der Waals surface area contributed by atoms with E-state index in [0.29, 0.717) is 18.4 Å². The van der Waals surface area contributed by atoms with Crippen molar-refractivity contribution in [1.29, 1.82) is 0 Å². The van der Waals surface area contributed by atoms with Crippen LogP contribution >= 0.6 is 0 Å². The van der Waals surface area contributed by atoms with E-state index >= 15 is 0 Å². The summed E-state index contributed by atoms with van der Waals surface area (Å²) in [6.45, 7) is 0. The molecule has 122 valence electrons. The van der Waals surface area contributed by atoms with Gasteiger partial charge in [0.25, 0.3) is 5.91 Å². The normalized spacial score (nSPS) is 25.6. The number of nitrogens with zero attached hydrogens (tertiary/aromatic N) is 2. The van der Waals surface area contributed by atoms with E-state index in [0.717, 1.165) is 5.69 Å². The number of amides is 1. The van der Waals surface area contributed by atoms with Crippen molar-refractivity contribution < 1.29 is 21.6 Å². The Balaban J connectivity index is 1.85. The van der Waals surface area contributed by atoms with Crippen LogP contribution in [0.4, 0.5) is 0 Å². The molecule has 2 aliphatic rings. The molecule has 3 rings (SSSR count). The molecule has 0 radical (unpaired) electrons. The Morgan fingerprint density at radius 2 is 1.95 bits per heavy atom. The van der Waals surface area contributed by atoms with Crippen molar-refractivity contribution in [2.75, 3.05) is 17.3 Å². The zero-order chi connectivity index (χ0) is 16.1. The molecule has 1 aromatic heterocycles. The standard InChI is InChI=1S/C12H17N3O5S2/c1-15-10-3-5-22(19,20)7-9(10)11(14-15)12(16)13-8-2-4-21(17,18)6-8/h8H,2-7H2,1H3,(H,13,16)/t8-/m0/s1. The minimum atomic E-state index is -3.21. The lowest BCUT2D eigenvalue weighted by Crippen LogP contribution is -2.36. The van der Waals surface area contributed by atoms with Gasteiger partial charge in [0, 0.05) is 30.8 Å². The summed E-state index contributed by atoms with van der Waals surface area (Å²) in [6, 6.07) is -0.435. The Labute approximate surface area is 128 Å². The molecular formula is C12H17N3O5S2. The van der Waals surface area contributed by atoms with Gasteiger partial charge in [-0.25, -0.2) is 16.8 Å². The molecule has 10 heteroatoms. The summed E-state index contributed by atoms with van der Waals surface area (Å²) in [6.07, 6.45) is 0.716. The predicted octanol–water partition coefficient (Wildman–Crippen LogP) is -1.19. The summed E-state index contributed by atoms with van der Waals surface area (Å²) in [5.74, 6) is -0.654. The smallest absolute Gasteiger partial charge is 0.272 e. The molecule has 1 fully saturated rings. The second-order valence-electron chi connectivity index (χ2n) is 5.81. The fourth-order valence-corrected chi connectivity index (χ4v) is 6.02. The monoisotopic (exact) mass is 347 g/mol. The first-order chi connectivity index (χ1) is 10.2. The Hall–Kier alpha value is -1.42. The number of sulfone groups is 2. The van der Waals surface area contributed by atoms with E-state index in [1.54, 1.807) is 7.05 Å². The molecule has 0 spiro atoms. The number of hydrogen-bond donors (Lipinski definition) is 1. The molecule has 1 N–H and O–H groups in total. The van der Waals surface area contributed by atoms with Gasteiger partial charge in [-0.15, -0.1) is 0 Å². The minimum absolute atomic E-state index is 0.0570. The maximum absolute atomic E-state index is 12.3. The summed E-state index contributed by atoms with van der Waals surface area (Å²) in [5.41, 5.74) is 1.27. The SMILES string of the molecule is Cn1nc(C(=O)N[C@H]2CCS(=O)(=O)C2)c2c1CCS(=O)(=O)C2. The van der Waals surface area contributed by atoms with Crippen LogP contribution < -0.4 is 5.32 Å². The largest absolute Gasteiger partial charge is 0.347 e. The third-order valence-corrected chi connectivity index (χ3v) is 7.39. The van der Waals surface area contributed by atoms with Crippen LogP contribution in [0.2, 0.25) is 0 Å². The van der Waals surface area contributed by atoms with Crippen LogP contribution in [0.3, 0.4) is 0 Å². The van der Waals surface area contributed by atoms with E-state index in [2.05, 4.69) is 10.4 Å².